The molecule has 1 aromatic rings. The zero-order valence-electron chi connectivity index (χ0n) is 16.5. The van der Waals surface area contributed by atoms with E-state index < -0.39 is 0 Å². The number of hydrogen-bond donors (Lipinski definition) is 2. The first-order chi connectivity index (χ1) is 13.3. The van der Waals surface area contributed by atoms with Gasteiger partial charge >= 0.3 is 0 Å². The van der Waals surface area contributed by atoms with Gasteiger partial charge in [0.15, 0.2) is 5.96 Å². The second kappa shape index (κ2) is 11.1. The second-order valence-electron chi connectivity index (χ2n) is 7.19. The first-order valence-electron chi connectivity index (χ1n) is 10.2. The number of guanidine groups is 1. The minimum absolute atomic E-state index is 0.606. The molecule has 0 bridgehead atoms. The van der Waals surface area contributed by atoms with Crippen molar-refractivity contribution in [3.05, 3.63) is 23.9 Å². The number of nitrogens with one attached hydrogen (secondary N) is 2. The third kappa shape index (κ3) is 7.72. The summed E-state index contributed by atoms with van der Waals surface area (Å²) in [6.45, 7) is 10.1. The molecule has 27 heavy (non-hydrogen) atoms. The van der Waals surface area contributed by atoms with Crippen molar-refractivity contribution in [2.45, 2.75) is 32.7 Å². The predicted octanol–water partition coefficient (Wildman–Crippen LogP) is 1.65. The SMILES string of the molecule is CCNC(=NCc1ccc(OCC2CC2)nc1)NCCCN1CCOCC1. The van der Waals surface area contributed by atoms with E-state index >= 15 is 0 Å². The summed E-state index contributed by atoms with van der Waals surface area (Å²) in [6.07, 6.45) is 5.53. The molecule has 7 heteroatoms. The fourth-order valence-corrected chi connectivity index (χ4v) is 2.92. The quantitative estimate of drug-likeness (QED) is 0.368. The van der Waals surface area contributed by atoms with Gasteiger partial charge in [-0.05, 0) is 44.2 Å². The van der Waals surface area contributed by atoms with Gasteiger partial charge in [-0.1, -0.05) is 6.07 Å². The first-order valence-corrected chi connectivity index (χ1v) is 10.2. The van der Waals surface area contributed by atoms with Crippen molar-refractivity contribution in [3.8, 4) is 5.88 Å². The molecule has 0 atom stereocenters. The zero-order chi connectivity index (χ0) is 18.7. The Morgan fingerprint density at radius 2 is 2.15 bits per heavy atom. The molecule has 1 saturated heterocycles. The molecule has 3 rings (SSSR count). The third-order valence-electron chi connectivity index (χ3n) is 4.77. The van der Waals surface area contributed by atoms with Crippen LogP contribution in [0.15, 0.2) is 23.3 Å². The van der Waals surface area contributed by atoms with Gasteiger partial charge < -0.3 is 20.1 Å². The molecule has 1 aliphatic carbocycles. The fourth-order valence-electron chi connectivity index (χ4n) is 2.92. The van der Waals surface area contributed by atoms with E-state index in [-0.39, 0.29) is 0 Å². The highest BCUT2D eigenvalue weighted by molar-refractivity contribution is 5.79. The van der Waals surface area contributed by atoms with Gasteiger partial charge in [-0.2, -0.15) is 0 Å². The summed E-state index contributed by atoms with van der Waals surface area (Å²) in [5.74, 6) is 2.31. The van der Waals surface area contributed by atoms with E-state index in [9.17, 15) is 0 Å². The van der Waals surface area contributed by atoms with Crippen LogP contribution in [0, 0.1) is 5.92 Å². The van der Waals surface area contributed by atoms with E-state index in [4.69, 9.17) is 9.47 Å². The number of nitrogens with zero attached hydrogens (tertiary/aromatic N) is 3. The van der Waals surface area contributed by atoms with Crippen LogP contribution in [0.5, 0.6) is 5.88 Å². The minimum atomic E-state index is 0.606. The van der Waals surface area contributed by atoms with E-state index in [2.05, 4.69) is 32.4 Å². The fraction of sp³-hybridized carbons (Fsp3) is 0.700. The van der Waals surface area contributed by atoms with Gasteiger partial charge in [-0.15, -0.1) is 0 Å². The maximum atomic E-state index is 5.68. The van der Waals surface area contributed by atoms with E-state index in [0.717, 1.165) is 76.4 Å². The van der Waals surface area contributed by atoms with Gasteiger partial charge in [0.25, 0.3) is 0 Å². The number of hydrogen-bond acceptors (Lipinski definition) is 5. The topological polar surface area (TPSA) is 71.0 Å². The Labute approximate surface area is 162 Å². The maximum Gasteiger partial charge on any atom is 0.213 e. The number of ether oxygens (including phenoxy) is 2. The largest absolute Gasteiger partial charge is 0.477 e. The van der Waals surface area contributed by atoms with E-state index in [1.54, 1.807) is 0 Å². The minimum Gasteiger partial charge on any atom is -0.477 e. The molecule has 1 saturated carbocycles. The number of morpholine rings is 1. The lowest BCUT2D eigenvalue weighted by atomic mass is 10.3. The normalized spacial score (nSPS) is 18.3. The predicted molar refractivity (Wildman–Crippen MR) is 107 cm³/mol. The average molecular weight is 376 g/mol. The van der Waals surface area contributed by atoms with Gasteiger partial charge in [-0.3, -0.25) is 4.90 Å². The molecule has 0 amide bonds. The molecule has 0 aromatic carbocycles. The van der Waals surface area contributed by atoms with Gasteiger partial charge in [-0.25, -0.2) is 9.98 Å². The van der Waals surface area contributed by atoms with Crippen LogP contribution in [-0.2, 0) is 11.3 Å². The zero-order valence-corrected chi connectivity index (χ0v) is 16.5. The van der Waals surface area contributed by atoms with E-state index in [0.29, 0.717) is 12.4 Å². The van der Waals surface area contributed by atoms with Crippen LogP contribution < -0.4 is 15.4 Å². The van der Waals surface area contributed by atoms with Crippen LogP contribution in [0.1, 0.15) is 31.7 Å². The van der Waals surface area contributed by atoms with Crippen molar-refractivity contribution in [1.29, 1.82) is 0 Å². The molecule has 2 fully saturated rings. The van der Waals surface area contributed by atoms with E-state index in [1.165, 1.54) is 12.8 Å². The molecule has 1 aromatic heterocycles. The van der Waals surface area contributed by atoms with Crippen LogP contribution >= 0.6 is 0 Å². The lowest BCUT2D eigenvalue weighted by Gasteiger charge is -2.26. The summed E-state index contributed by atoms with van der Waals surface area (Å²) in [5, 5.41) is 6.72. The van der Waals surface area contributed by atoms with Crippen LogP contribution in [0.2, 0.25) is 0 Å². The lowest BCUT2D eigenvalue weighted by Crippen LogP contribution is -2.40. The Morgan fingerprint density at radius 3 is 2.85 bits per heavy atom. The smallest absolute Gasteiger partial charge is 0.213 e. The van der Waals surface area contributed by atoms with Crippen LogP contribution in [0.4, 0.5) is 0 Å². The van der Waals surface area contributed by atoms with Crippen molar-refractivity contribution in [2.24, 2.45) is 10.9 Å². The molecule has 2 heterocycles. The third-order valence-corrected chi connectivity index (χ3v) is 4.77. The van der Waals surface area contributed by atoms with Crippen molar-refractivity contribution >= 4 is 5.96 Å². The highest BCUT2D eigenvalue weighted by atomic mass is 16.5. The molecule has 2 aliphatic rings. The summed E-state index contributed by atoms with van der Waals surface area (Å²) in [6, 6.07) is 3.98. The van der Waals surface area contributed by atoms with Gasteiger partial charge in [0, 0.05) is 38.4 Å². The van der Waals surface area contributed by atoms with Gasteiger partial charge in [0.2, 0.25) is 5.88 Å². The molecular weight excluding hydrogens is 342 g/mol. The van der Waals surface area contributed by atoms with Crippen LogP contribution in [-0.4, -0.2) is 68.4 Å². The molecule has 0 unspecified atom stereocenters. The number of aromatic nitrogens is 1. The summed E-state index contributed by atoms with van der Waals surface area (Å²) in [7, 11) is 0. The Hall–Kier alpha value is -1.86. The van der Waals surface area contributed by atoms with Gasteiger partial charge in [0.1, 0.15) is 0 Å². The molecule has 0 radical (unpaired) electrons. The van der Waals surface area contributed by atoms with Crippen LogP contribution in [0.25, 0.3) is 0 Å². The van der Waals surface area contributed by atoms with Crippen molar-refractivity contribution < 1.29 is 9.47 Å². The summed E-state index contributed by atoms with van der Waals surface area (Å²) < 4.78 is 11.1. The summed E-state index contributed by atoms with van der Waals surface area (Å²) in [5.41, 5.74) is 1.08. The van der Waals surface area contributed by atoms with E-state index in [1.807, 2.05) is 18.3 Å². The second-order valence-corrected chi connectivity index (χ2v) is 7.19. The first kappa shape index (κ1) is 19.9. The molecule has 150 valence electrons. The van der Waals surface area contributed by atoms with Crippen LogP contribution in [0.3, 0.4) is 0 Å². The number of rotatable bonds is 10. The monoisotopic (exact) mass is 375 g/mol. The highest BCUT2D eigenvalue weighted by Gasteiger charge is 2.22. The molecular formula is C20H33N5O2. The Kier molecular flexibility index (Phi) is 8.17. The Morgan fingerprint density at radius 1 is 1.30 bits per heavy atom. The standard InChI is InChI=1S/C20H33N5O2/c1-2-21-20(22-8-3-9-25-10-12-26-13-11-25)24-15-18-6-7-19(23-14-18)27-16-17-4-5-17/h6-7,14,17H,2-5,8-13,15-16H2,1H3,(H2,21,22,24). The van der Waals surface area contributed by atoms with Crippen molar-refractivity contribution in [3.63, 3.8) is 0 Å². The lowest BCUT2D eigenvalue weighted by molar-refractivity contribution is 0.0376. The van der Waals surface area contributed by atoms with Crippen molar-refractivity contribution in [1.82, 2.24) is 20.5 Å². The number of aliphatic imine (C=N–C) groups is 1. The highest BCUT2D eigenvalue weighted by Crippen LogP contribution is 2.29. The van der Waals surface area contributed by atoms with Gasteiger partial charge in [0.05, 0.1) is 26.4 Å². The summed E-state index contributed by atoms with van der Waals surface area (Å²) in [4.78, 5) is 11.5. The summed E-state index contributed by atoms with van der Waals surface area (Å²) >= 11 is 0. The molecule has 7 nitrogen and oxygen atoms in total. The molecule has 1 aliphatic heterocycles. The number of pyridine rings is 1. The average Bonchev–Trinajstić information content (AvgIpc) is 3.54. The Balaban J connectivity index is 1.37. The van der Waals surface area contributed by atoms with Crippen molar-refractivity contribution in [2.75, 3.05) is 52.5 Å². The maximum absolute atomic E-state index is 5.68. The molecule has 2 N–H and O–H groups in total. The molecule has 0 spiro atoms. The Bertz CT molecular complexity index is 568.